The molecule has 7 fully saturated rings. The average molecular weight is 726 g/mol. The minimum Gasteiger partial charge on any atom is -0.446 e. The Balaban J connectivity index is 1.05. The summed E-state index contributed by atoms with van der Waals surface area (Å²) in [5.41, 5.74) is -0.380. The van der Waals surface area contributed by atoms with Gasteiger partial charge in [-0.05, 0) is 104 Å². The Labute approximate surface area is 301 Å². The van der Waals surface area contributed by atoms with Gasteiger partial charge in [-0.3, -0.25) is 4.90 Å². The van der Waals surface area contributed by atoms with Gasteiger partial charge in [-0.2, -0.15) is 13.2 Å². The number of halogens is 3. The molecule has 2 saturated heterocycles. The van der Waals surface area contributed by atoms with Crippen LogP contribution in [0.4, 0.5) is 22.8 Å². The first-order valence-corrected chi connectivity index (χ1v) is 19.8. The summed E-state index contributed by atoms with van der Waals surface area (Å²) in [7, 11) is 0. The highest BCUT2D eigenvalue weighted by atomic mass is 19.4. The molecule has 3 N–H and O–H groups in total. The maximum Gasteiger partial charge on any atom is 0.407 e. The van der Waals surface area contributed by atoms with Crippen LogP contribution in [-0.2, 0) is 14.2 Å². The SMILES string of the molecule is CCNC(=O)O[C@H](C(C)C)C1C[C@@H](C)[C@H]2C(O1)[C@H](O)[C@@]1(C)C3CC[C@H]4C(C)(C)[C@@H](OC(=O)NC5CN(CC(F)(F)F)C5)CCC45C[C@@]35CC[C@]21C. The van der Waals surface area contributed by atoms with E-state index >= 15 is 0 Å². The summed E-state index contributed by atoms with van der Waals surface area (Å²) in [5.74, 6) is 1.32. The number of nitrogens with one attached hydrogen (secondary N) is 2. The van der Waals surface area contributed by atoms with E-state index in [2.05, 4.69) is 59.1 Å². The second-order valence-corrected chi connectivity index (χ2v) is 19.2. The Morgan fingerprint density at radius 3 is 2.31 bits per heavy atom. The van der Waals surface area contributed by atoms with E-state index in [-0.39, 0.29) is 76.4 Å². The maximum atomic E-state index is 13.0. The van der Waals surface area contributed by atoms with Crippen LogP contribution in [0.25, 0.3) is 0 Å². The molecule has 0 aromatic heterocycles. The van der Waals surface area contributed by atoms with Gasteiger partial charge in [0.15, 0.2) is 0 Å². The fourth-order valence-corrected chi connectivity index (χ4v) is 14.1. The van der Waals surface area contributed by atoms with Crippen LogP contribution in [0.1, 0.15) is 107 Å². The smallest absolute Gasteiger partial charge is 0.407 e. The lowest BCUT2D eigenvalue weighted by atomic mass is 9.41. The molecule has 7 aliphatic rings. The summed E-state index contributed by atoms with van der Waals surface area (Å²) in [6.07, 6.45) is 0.823. The van der Waals surface area contributed by atoms with Gasteiger partial charge in [0.2, 0.25) is 0 Å². The molecular weight excluding hydrogens is 663 g/mol. The van der Waals surface area contributed by atoms with Crippen molar-refractivity contribution in [2.45, 2.75) is 149 Å². The summed E-state index contributed by atoms with van der Waals surface area (Å²) in [4.78, 5) is 26.8. The van der Waals surface area contributed by atoms with E-state index in [0.717, 1.165) is 51.4 Å². The second kappa shape index (κ2) is 12.4. The minimum absolute atomic E-state index is 0.0681. The molecule has 2 amide bonds. The molecule has 0 radical (unpaired) electrons. The third-order valence-electron chi connectivity index (χ3n) is 16.3. The van der Waals surface area contributed by atoms with Gasteiger partial charge in [0.1, 0.15) is 12.2 Å². The average Bonchev–Trinajstić information content (AvgIpc) is 3.64. The lowest BCUT2D eigenvalue weighted by molar-refractivity contribution is -0.184. The zero-order chi connectivity index (χ0) is 37.1. The van der Waals surface area contributed by atoms with E-state index in [9.17, 15) is 27.9 Å². The van der Waals surface area contributed by atoms with Crippen LogP contribution in [0.2, 0.25) is 0 Å². The summed E-state index contributed by atoms with van der Waals surface area (Å²) in [5, 5.41) is 18.2. The summed E-state index contributed by atoms with van der Waals surface area (Å²) in [6.45, 7) is 17.5. The number of nitrogens with zero attached hydrogens (tertiary/aromatic N) is 1. The number of fused-ring (bicyclic) bond motifs is 4. The molecule has 5 saturated carbocycles. The summed E-state index contributed by atoms with van der Waals surface area (Å²) in [6, 6.07) is -0.329. The van der Waals surface area contributed by atoms with Gasteiger partial charge in [0.25, 0.3) is 0 Å². The number of hydrogen-bond acceptors (Lipinski definition) is 7. The van der Waals surface area contributed by atoms with Gasteiger partial charge >= 0.3 is 18.4 Å². The lowest BCUT2D eigenvalue weighted by Crippen LogP contribution is -2.62. The highest BCUT2D eigenvalue weighted by molar-refractivity contribution is 5.68. The molecule has 2 heterocycles. The Morgan fingerprint density at radius 1 is 1.00 bits per heavy atom. The molecule has 0 aromatic carbocycles. The maximum absolute atomic E-state index is 13.0. The first-order chi connectivity index (χ1) is 23.7. The first kappa shape index (κ1) is 37.5. The number of alkyl carbamates (subject to hydrolysis) is 2. The van der Waals surface area contributed by atoms with Gasteiger partial charge in [-0.1, -0.05) is 48.5 Å². The van der Waals surface area contributed by atoms with Crippen molar-refractivity contribution in [1.29, 1.82) is 0 Å². The lowest BCUT2D eigenvalue weighted by Gasteiger charge is -2.63. The van der Waals surface area contributed by atoms with Gasteiger partial charge in [-0.15, -0.1) is 0 Å². The predicted molar refractivity (Wildman–Crippen MR) is 185 cm³/mol. The number of alkyl halides is 3. The van der Waals surface area contributed by atoms with Crippen LogP contribution < -0.4 is 10.6 Å². The quantitative estimate of drug-likeness (QED) is 0.262. The number of carbonyl (C=O) groups is 2. The molecule has 0 bridgehead atoms. The summed E-state index contributed by atoms with van der Waals surface area (Å²) < 4.78 is 57.1. The monoisotopic (exact) mass is 725 g/mol. The predicted octanol–water partition coefficient (Wildman–Crippen LogP) is 6.91. The molecular formula is C39H62F3N3O6. The molecule has 13 atom stereocenters. The number of carbonyl (C=O) groups excluding carboxylic acids is 2. The zero-order valence-electron chi connectivity index (χ0n) is 31.9. The third-order valence-corrected chi connectivity index (χ3v) is 16.3. The molecule has 4 unspecified atom stereocenters. The Kier molecular flexibility index (Phi) is 9.10. The van der Waals surface area contributed by atoms with Crippen molar-refractivity contribution in [2.24, 2.45) is 56.7 Å². The Bertz CT molecular complexity index is 1370. The van der Waals surface area contributed by atoms with Crippen LogP contribution >= 0.6 is 0 Å². The van der Waals surface area contributed by atoms with Crippen molar-refractivity contribution in [3.05, 3.63) is 0 Å². The molecule has 2 spiro atoms. The fraction of sp³-hybridized carbons (Fsp3) is 0.949. The molecule has 0 aromatic rings. The highest BCUT2D eigenvalue weighted by Gasteiger charge is 2.84. The Hall–Kier alpha value is -1.79. The van der Waals surface area contributed by atoms with Crippen molar-refractivity contribution in [3.63, 3.8) is 0 Å². The highest BCUT2D eigenvalue weighted by Crippen LogP contribution is 2.89. The van der Waals surface area contributed by atoms with E-state index in [1.54, 1.807) is 0 Å². The number of hydrogen-bond donors (Lipinski definition) is 3. The van der Waals surface area contributed by atoms with Gasteiger partial charge in [0.05, 0.1) is 30.9 Å². The van der Waals surface area contributed by atoms with Crippen molar-refractivity contribution in [1.82, 2.24) is 15.5 Å². The summed E-state index contributed by atoms with van der Waals surface area (Å²) >= 11 is 0. The zero-order valence-corrected chi connectivity index (χ0v) is 31.9. The van der Waals surface area contributed by atoms with Crippen LogP contribution in [0, 0.1) is 56.7 Å². The van der Waals surface area contributed by atoms with Crippen molar-refractivity contribution in [3.8, 4) is 0 Å². The molecule has 5 aliphatic carbocycles. The number of rotatable bonds is 7. The number of likely N-dealkylation sites (tertiary alicyclic amines) is 1. The van der Waals surface area contributed by atoms with Gasteiger partial charge < -0.3 is 30.0 Å². The number of aliphatic hydroxyl groups is 1. The van der Waals surface area contributed by atoms with Crippen LogP contribution in [0.5, 0.6) is 0 Å². The van der Waals surface area contributed by atoms with Gasteiger partial charge in [-0.25, -0.2) is 9.59 Å². The number of ether oxygens (including phenoxy) is 3. The Morgan fingerprint density at radius 2 is 1.67 bits per heavy atom. The van der Waals surface area contributed by atoms with E-state index in [1.807, 2.05) is 6.92 Å². The van der Waals surface area contributed by atoms with Crippen molar-refractivity contribution >= 4 is 12.2 Å². The number of amides is 2. The molecule has 9 nitrogen and oxygen atoms in total. The minimum atomic E-state index is -4.24. The van der Waals surface area contributed by atoms with Crippen molar-refractivity contribution in [2.75, 3.05) is 26.2 Å². The van der Waals surface area contributed by atoms with Crippen LogP contribution in [-0.4, -0.2) is 91.1 Å². The van der Waals surface area contributed by atoms with Gasteiger partial charge in [0, 0.05) is 30.5 Å². The molecule has 12 heteroatoms. The third kappa shape index (κ3) is 5.55. The molecule has 7 rings (SSSR count). The van der Waals surface area contributed by atoms with Crippen LogP contribution in [0.15, 0.2) is 0 Å². The van der Waals surface area contributed by atoms with E-state index < -0.39 is 37.1 Å². The molecule has 2 aliphatic heterocycles. The topological polar surface area (TPSA) is 109 Å². The normalized spacial score (nSPS) is 46.3. The molecule has 51 heavy (non-hydrogen) atoms. The first-order valence-electron chi connectivity index (χ1n) is 19.8. The number of aliphatic hydroxyl groups excluding tert-OH is 1. The van der Waals surface area contributed by atoms with Crippen LogP contribution in [0.3, 0.4) is 0 Å². The van der Waals surface area contributed by atoms with E-state index in [4.69, 9.17) is 14.2 Å². The molecule has 290 valence electrons. The largest absolute Gasteiger partial charge is 0.446 e. The van der Waals surface area contributed by atoms with E-state index in [0.29, 0.717) is 24.3 Å². The second-order valence-electron chi connectivity index (χ2n) is 19.2. The van der Waals surface area contributed by atoms with E-state index in [1.165, 1.54) is 4.90 Å². The fourth-order valence-electron chi connectivity index (χ4n) is 14.1. The standard InChI is InChI=1S/C39H62F3N3O6/c1-9-43-32(47)51-29(21(2)3)24-16-22(4)28-30(49-24)31(46)36(8)26-11-10-25-34(5,6)27(12-13-37(25)19-38(26,37)15-14-35(28,36)7)50-33(48)44-23-17-45(18-23)20-39(40,41)42/h21-31,46H,9-20H2,1-8H3,(H,43,47)(H,44,48)/t22-,24?,25+,26?,27+,28+,29-,30?,31+,35-,36-,37?,38+/m1/s1. The van der Waals surface area contributed by atoms with Crippen molar-refractivity contribution < 1.29 is 42.1 Å².